The Labute approximate surface area is 231 Å². The predicted molar refractivity (Wildman–Crippen MR) is 150 cm³/mol. The van der Waals surface area contributed by atoms with E-state index < -0.39 is 5.97 Å². The van der Waals surface area contributed by atoms with Crippen molar-refractivity contribution >= 4 is 5.97 Å². The number of hydrogen-bond donors (Lipinski definition) is 1. The van der Waals surface area contributed by atoms with E-state index in [4.69, 9.17) is 9.72 Å². The second kappa shape index (κ2) is 11.9. The molecular formula is C29H32N8O3. The molecule has 11 nitrogen and oxygen atoms in total. The number of aryl methyl sites for hydroxylation is 2. The molecule has 0 aliphatic carbocycles. The van der Waals surface area contributed by atoms with Crippen molar-refractivity contribution in [3.63, 3.8) is 0 Å². The minimum Gasteiger partial charge on any atom is -0.462 e. The van der Waals surface area contributed by atoms with Crippen LogP contribution in [0.4, 0.5) is 0 Å². The highest BCUT2D eigenvalue weighted by Crippen LogP contribution is 2.29. The summed E-state index contributed by atoms with van der Waals surface area (Å²) >= 11 is 0. The normalized spacial score (nSPS) is 11.2. The van der Waals surface area contributed by atoms with Crippen LogP contribution < -0.4 is 5.69 Å². The number of tetrazole rings is 1. The van der Waals surface area contributed by atoms with Crippen molar-refractivity contribution < 1.29 is 9.53 Å². The third-order valence-corrected chi connectivity index (χ3v) is 6.83. The Morgan fingerprint density at radius 1 is 1.05 bits per heavy atom. The van der Waals surface area contributed by atoms with Gasteiger partial charge in [0.15, 0.2) is 5.82 Å². The van der Waals surface area contributed by atoms with Crippen LogP contribution in [0.1, 0.15) is 55.4 Å². The largest absolute Gasteiger partial charge is 0.462 e. The molecule has 11 heteroatoms. The average molecular weight is 541 g/mol. The van der Waals surface area contributed by atoms with E-state index in [2.05, 4.69) is 27.5 Å². The number of unbranched alkanes of at least 4 members (excludes halogenated alkanes) is 1. The Morgan fingerprint density at radius 2 is 1.88 bits per heavy atom. The van der Waals surface area contributed by atoms with Crippen LogP contribution in [-0.2, 0) is 24.2 Å². The first-order chi connectivity index (χ1) is 19.5. The number of pyridine rings is 1. The number of ether oxygens (including phenoxy) is 1. The van der Waals surface area contributed by atoms with E-state index in [9.17, 15) is 9.59 Å². The van der Waals surface area contributed by atoms with Crippen molar-refractivity contribution in [3.05, 3.63) is 88.5 Å². The number of nitrogens with zero attached hydrogens (tertiary/aromatic N) is 7. The Morgan fingerprint density at radius 3 is 2.55 bits per heavy atom. The molecule has 0 atom stereocenters. The lowest BCUT2D eigenvalue weighted by Crippen LogP contribution is -2.27. The predicted octanol–water partition coefficient (Wildman–Crippen LogP) is 4.27. The van der Waals surface area contributed by atoms with Crippen LogP contribution in [0.2, 0.25) is 0 Å². The van der Waals surface area contributed by atoms with Gasteiger partial charge >= 0.3 is 11.7 Å². The molecule has 0 aliphatic rings. The summed E-state index contributed by atoms with van der Waals surface area (Å²) in [6.07, 6.45) is 8.11. The fraction of sp³-hybridized carbons (Fsp3) is 0.310. The molecule has 0 saturated carbocycles. The van der Waals surface area contributed by atoms with E-state index in [1.807, 2.05) is 60.3 Å². The molecule has 5 aromatic rings. The van der Waals surface area contributed by atoms with Crippen LogP contribution in [0.25, 0.3) is 28.3 Å². The average Bonchev–Trinajstić information content (AvgIpc) is 3.73. The van der Waals surface area contributed by atoms with E-state index in [0.29, 0.717) is 30.3 Å². The fourth-order valence-corrected chi connectivity index (χ4v) is 4.81. The maximum absolute atomic E-state index is 13.8. The molecule has 0 bridgehead atoms. The van der Waals surface area contributed by atoms with Gasteiger partial charge in [-0.1, -0.05) is 43.7 Å². The topological polar surface area (TPSA) is 126 Å². The first-order valence-corrected chi connectivity index (χ1v) is 13.5. The zero-order valence-corrected chi connectivity index (χ0v) is 22.9. The Bertz CT molecular complexity index is 1650. The zero-order chi connectivity index (χ0) is 28.1. The molecule has 0 radical (unpaired) electrons. The summed E-state index contributed by atoms with van der Waals surface area (Å²) in [5, 5.41) is 14.2. The molecule has 40 heavy (non-hydrogen) atoms. The number of aromatic amines is 1. The number of nitrogens with one attached hydrogen (secondary N) is 1. The van der Waals surface area contributed by atoms with Gasteiger partial charge in [0.05, 0.1) is 18.8 Å². The van der Waals surface area contributed by atoms with Gasteiger partial charge in [0.25, 0.3) is 0 Å². The lowest BCUT2D eigenvalue weighted by atomic mass is 10.0. The summed E-state index contributed by atoms with van der Waals surface area (Å²) in [7, 11) is 0. The number of hydrogen-bond acceptors (Lipinski definition) is 7. The highest BCUT2D eigenvalue weighted by Gasteiger charge is 2.23. The molecule has 0 amide bonds. The summed E-state index contributed by atoms with van der Waals surface area (Å²) in [5.41, 5.74) is 4.50. The fourth-order valence-electron chi connectivity index (χ4n) is 4.81. The van der Waals surface area contributed by atoms with Gasteiger partial charge in [-0.05, 0) is 54.8 Å². The van der Waals surface area contributed by atoms with Crippen molar-refractivity contribution in [3.8, 4) is 28.3 Å². The van der Waals surface area contributed by atoms with Crippen LogP contribution in [0, 0.1) is 0 Å². The first kappa shape index (κ1) is 26.8. The van der Waals surface area contributed by atoms with Crippen LogP contribution in [0.3, 0.4) is 0 Å². The number of carbonyl (C=O) groups is 1. The van der Waals surface area contributed by atoms with Crippen LogP contribution in [0.15, 0.2) is 65.8 Å². The summed E-state index contributed by atoms with van der Waals surface area (Å²) < 4.78 is 10.5. The Hall–Kier alpha value is -4.80. The molecule has 4 heterocycles. The maximum atomic E-state index is 13.8. The van der Waals surface area contributed by atoms with Crippen LogP contribution in [-0.4, -0.2) is 51.9 Å². The van der Waals surface area contributed by atoms with Crippen molar-refractivity contribution in [2.45, 2.75) is 53.1 Å². The van der Waals surface area contributed by atoms with Crippen molar-refractivity contribution in [2.75, 3.05) is 6.61 Å². The van der Waals surface area contributed by atoms with E-state index in [1.54, 1.807) is 28.3 Å². The van der Waals surface area contributed by atoms with Gasteiger partial charge in [-0.25, -0.2) is 14.7 Å². The first-order valence-electron chi connectivity index (χ1n) is 13.5. The van der Waals surface area contributed by atoms with Gasteiger partial charge in [0.2, 0.25) is 0 Å². The zero-order valence-electron chi connectivity index (χ0n) is 22.9. The van der Waals surface area contributed by atoms with E-state index in [1.165, 1.54) is 0 Å². The van der Waals surface area contributed by atoms with Gasteiger partial charge < -0.3 is 9.30 Å². The second-order valence-corrected chi connectivity index (χ2v) is 9.36. The SMILES string of the molecule is CCCCc1cn(-c2c(C(=O)OCC)ccn2CC)c(=O)n1Cc1ccc(-c2ccccc2-c2nnn[nH]2)cn1. The number of benzene rings is 1. The highest BCUT2D eigenvalue weighted by molar-refractivity contribution is 5.93. The quantitative estimate of drug-likeness (QED) is 0.248. The summed E-state index contributed by atoms with van der Waals surface area (Å²) in [6.45, 7) is 7.02. The standard InChI is InChI=1S/C29H32N8O3/c1-4-7-10-22-19-37(27-25(28(38)40-6-3)15-16-35(27)5-2)29(39)36(22)18-21-14-13-20(17-30-21)23-11-8-9-12-24(23)26-31-33-34-32-26/h8-9,11-17,19H,4-7,10,18H2,1-3H3,(H,31,32,33,34). The third kappa shape index (κ3) is 5.22. The molecule has 4 aromatic heterocycles. The number of carbonyl (C=O) groups excluding carboxylic acids is 1. The molecule has 0 spiro atoms. The van der Waals surface area contributed by atoms with Crippen molar-refractivity contribution in [2.24, 2.45) is 0 Å². The molecule has 206 valence electrons. The molecule has 0 aliphatic heterocycles. The third-order valence-electron chi connectivity index (χ3n) is 6.83. The summed E-state index contributed by atoms with van der Waals surface area (Å²) in [5.74, 6) is 0.648. The van der Waals surface area contributed by atoms with Crippen LogP contribution >= 0.6 is 0 Å². The minimum atomic E-state index is -0.446. The smallest absolute Gasteiger partial charge is 0.341 e. The molecule has 0 saturated heterocycles. The van der Waals surface area contributed by atoms with Crippen molar-refractivity contribution in [1.82, 2.24) is 39.3 Å². The summed E-state index contributed by atoms with van der Waals surface area (Å²) in [6, 6.07) is 13.4. The molecular weight excluding hydrogens is 508 g/mol. The monoisotopic (exact) mass is 540 g/mol. The number of rotatable bonds is 11. The lowest BCUT2D eigenvalue weighted by molar-refractivity contribution is 0.0526. The molecule has 5 rings (SSSR count). The van der Waals surface area contributed by atoms with E-state index >= 15 is 0 Å². The minimum absolute atomic E-state index is 0.223. The van der Waals surface area contributed by atoms with E-state index in [-0.39, 0.29) is 12.3 Å². The molecule has 1 N–H and O–H groups in total. The van der Waals surface area contributed by atoms with Gasteiger partial charge in [-0.15, -0.1) is 5.10 Å². The Balaban J connectivity index is 1.50. The highest BCUT2D eigenvalue weighted by atomic mass is 16.5. The molecule has 0 fully saturated rings. The lowest BCUT2D eigenvalue weighted by Gasteiger charge is -2.10. The number of H-pyrrole nitrogens is 1. The van der Waals surface area contributed by atoms with Gasteiger partial charge in [0, 0.05) is 42.0 Å². The van der Waals surface area contributed by atoms with E-state index in [0.717, 1.165) is 47.3 Å². The number of esters is 1. The van der Waals surface area contributed by atoms with Gasteiger partial charge in [0.1, 0.15) is 11.4 Å². The number of imidazole rings is 1. The van der Waals surface area contributed by atoms with Gasteiger partial charge in [-0.3, -0.25) is 14.1 Å². The number of aromatic nitrogens is 8. The van der Waals surface area contributed by atoms with Crippen molar-refractivity contribution in [1.29, 1.82) is 0 Å². The summed E-state index contributed by atoms with van der Waals surface area (Å²) in [4.78, 5) is 31.2. The molecule has 1 aromatic carbocycles. The van der Waals surface area contributed by atoms with Gasteiger partial charge in [-0.2, -0.15) is 0 Å². The van der Waals surface area contributed by atoms with Crippen LogP contribution in [0.5, 0.6) is 0 Å². The maximum Gasteiger partial charge on any atom is 0.341 e. The Kier molecular flexibility index (Phi) is 7.99. The molecule has 0 unspecified atom stereocenters. The second-order valence-electron chi connectivity index (χ2n) is 9.36.